The molecule has 0 saturated carbocycles. The number of hydrogen-bond donors (Lipinski definition) is 1. The Hall–Kier alpha value is -0.110. The molecule has 0 bridgehead atoms. The van der Waals surface area contributed by atoms with Gasteiger partial charge in [0.05, 0.1) is 6.61 Å². The largest absolute Gasteiger partial charge is 1.00 e. The predicted molar refractivity (Wildman–Crippen MR) is 64.6 cm³/mol. The molecule has 0 atom stereocenters. The molecule has 0 aliphatic rings. The normalized spacial score (nSPS) is 10.8. The third-order valence-electron chi connectivity index (χ3n) is 2.00. The van der Waals surface area contributed by atoms with E-state index < -0.39 is 16.0 Å². The second kappa shape index (κ2) is 8.90. The molecule has 1 N–H and O–H groups in total. The minimum atomic E-state index is -4.25. The van der Waals surface area contributed by atoms with Gasteiger partial charge in [0.25, 0.3) is 0 Å². The van der Waals surface area contributed by atoms with Crippen LogP contribution in [-0.2, 0) is 21.5 Å². The molecule has 0 heterocycles. The maximum Gasteiger partial charge on any atom is 1.00 e. The van der Waals surface area contributed by atoms with Crippen molar-refractivity contribution >= 4 is 15.8 Å². The summed E-state index contributed by atoms with van der Waals surface area (Å²) in [5, 5.41) is 2.56. The zero-order chi connectivity index (χ0) is 12.7. The fourth-order valence-electron chi connectivity index (χ4n) is 1.28. The minimum absolute atomic E-state index is 0. The average molecular weight is 281 g/mol. The second-order valence-electron chi connectivity index (χ2n) is 3.63. The first-order valence-electron chi connectivity index (χ1n) is 5.35. The van der Waals surface area contributed by atoms with Gasteiger partial charge in [-0.25, -0.2) is 8.42 Å². The molecule has 0 radical (unpaired) electrons. The van der Waals surface area contributed by atoms with Gasteiger partial charge < -0.3 is 14.6 Å². The van der Waals surface area contributed by atoms with Crippen molar-refractivity contribution in [1.29, 1.82) is 0 Å². The van der Waals surface area contributed by atoms with Crippen LogP contribution in [0.15, 0.2) is 24.3 Å². The molecule has 0 aromatic heterocycles. The van der Waals surface area contributed by atoms with Crippen LogP contribution in [0.4, 0.5) is 5.69 Å². The molecule has 0 unspecified atom stereocenters. The monoisotopic (exact) mass is 281 g/mol. The summed E-state index contributed by atoms with van der Waals surface area (Å²) in [6, 6.07) is 7.13. The Labute approximate surface area is 130 Å². The molecule has 0 fully saturated rings. The first-order valence-corrected chi connectivity index (χ1v) is 6.93. The van der Waals surface area contributed by atoms with E-state index in [1.54, 1.807) is 18.2 Å². The van der Waals surface area contributed by atoms with Gasteiger partial charge in [0.1, 0.15) is 16.0 Å². The maximum absolute atomic E-state index is 10.5. The predicted octanol–water partition coefficient (Wildman–Crippen LogP) is -1.47. The van der Waals surface area contributed by atoms with Gasteiger partial charge in [-0.2, -0.15) is 0 Å². The number of anilines is 1. The van der Waals surface area contributed by atoms with E-state index in [-0.39, 0.29) is 29.6 Å². The summed E-state index contributed by atoms with van der Waals surface area (Å²) in [6.07, 6.45) is 0.951. The molecule has 5 nitrogen and oxygen atoms in total. The van der Waals surface area contributed by atoms with Crippen LogP contribution in [0.25, 0.3) is 0 Å². The van der Waals surface area contributed by atoms with Gasteiger partial charge in [0.15, 0.2) is 0 Å². The quantitative estimate of drug-likeness (QED) is 0.375. The maximum atomic E-state index is 10.5. The summed E-state index contributed by atoms with van der Waals surface area (Å²) < 4.78 is 36.7. The fourth-order valence-corrected chi connectivity index (χ4v) is 1.62. The third-order valence-corrected chi connectivity index (χ3v) is 2.50. The Bertz CT molecular complexity index is 450. The molecule has 0 aliphatic heterocycles. The molecule has 1 aromatic rings. The number of ether oxygens (including phenoxy) is 1. The van der Waals surface area contributed by atoms with E-state index >= 15 is 0 Å². The van der Waals surface area contributed by atoms with Crippen LogP contribution >= 0.6 is 0 Å². The van der Waals surface area contributed by atoms with Gasteiger partial charge in [0, 0.05) is 12.3 Å². The van der Waals surface area contributed by atoms with Gasteiger partial charge in [-0.3, -0.25) is 0 Å². The summed E-state index contributed by atoms with van der Waals surface area (Å²) in [5.74, 6) is -0.605. The molecule has 0 spiro atoms. The van der Waals surface area contributed by atoms with Gasteiger partial charge in [0.2, 0.25) is 0 Å². The Balaban J connectivity index is 0.00000289. The molecular weight excluding hydrogens is 265 g/mol. The number of nitrogens with one attached hydrogen (secondary N) is 1. The number of hydrogen-bond acceptors (Lipinski definition) is 5. The summed E-state index contributed by atoms with van der Waals surface area (Å²) in [6.45, 7) is 3.19. The van der Waals surface area contributed by atoms with Crippen molar-refractivity contribution in [3.05, 3.63) is 29.8 Å². The number of benzene rings is 1. The first kappa shape index (κ1) is 17.9. The van der Waals surface area contributed by atoms with E-state index in [0.717, 1.165) is 12.0 Å². The zero-order valence-electron chi connectivity index (χ0n) is 10.7. The minimum Gasteiger partial charge on any atom is -0.747 e. The van der Waals surface area contributed by atoms with Crippen LogP contribution in [0.5, 0.6) is 0 Å². The standard InChI is InChI=1S/C11H17NO4S.Na/c1-2-6-16-8-10-4-3-5-11(7-10)12-9-17(13,14)15;/h3-5,7,12H,2,6,8-9H2,1H3,(H,13,14,15);/q;+1/p-1. The van der Waals surface area contributed by atoms with E-state index in [1.807, 2.05) is 13.0 Å². The Morgan fingerprint density at radius 2 is 2.11 bits per heavy atom. The van der Waals surface area contributed by atoms with Crippen molar-refractivity contribution in [3.63, 3.8) is 0 Å². The summed E-state index contributed by atoms with van der Waals surface area (Å²) >= 11 is 0. The molecule has 1 rings (SSSR count). The zero-order valence-corrected chi connectivity index (χ0v) is 13.5. The molecule has 18 heavy (non-hydrogen) atoms. The van der Waals surface area contributed by atoms with Gasteiger partial charge in [-0.15, -0.1) is 0 Å². The molecule has 1 aromatic carbocycles. The smallest absolute Gasteiger partial charge is 0.747 e. The van der Waals surface area contributed by atoms with Crippen molar-refractivity contribution < 1.29 is 47.3 Å². The Morgan fingerprint density at radius 1 is 1.39 bits per heavy atom. The van der Waals surface area contributed by atoms with Crippen LogP contribution in [0.3, 0.4) is 0 Å². The van der Waals surface area contributed by atoms with Crippen molar-refractivity contribution in [2.75, 3.05) is 17.8 Å². The van der Waals surface area contributed by atoms with Crippen molar-refractivity contribution in [2.45, 2.75) is 20.0 Å². The van der Waals surface area contributed by atoms with Gasteiger partial charge in [-0.05, 0) is 24.1 Å². The van der Waals surface area contributed by atoms with Crippen LogP contribution in [0, 0.1) is 0 Å². The second-order valence-corrected chi connectivity index (χ2v) is 5.04. The van der Waals surface area contributed by atoms with Crippen LogP contribution in [0.1, 0.15) is 18.9 Å². The number of rotatable bonds is 7. The summed E-state index contributed by atoms with van der Waals surface area (Å²) in [4.78, 5) is 0. The third kappa shape index (κ3) is 8.07. The molecule has 7 heteroatoms. The van der Waals surface area contributed by atoms with Crippen LogP contribution in [0.2, 0.25) is 0 Å². The summed E-state index contributed by atoms with van der Waals surface area (Å²) in [5.41, 5.74) is 1.54. The Kier molecular flexibility index (Phi) is 8.85. The molecule has 0 saturated heterocycles. The average Bonchev–Trinajstić information content (AvgIpc) is 2.27. The van der Waals surface area contributed by atoms with Crippen molar-refractivity contribution in [1.82, 2.24) is 0 Å². The SMILES string of the molecule is CCCOCc1cccc(NCS(=O)(=O)[O-])c1.[Na+]. The van der Waals surface area contributed by atoms with E-state index in [0.29, 0.717) is 18.9 Å². The van der Waals surface area contributed by atoms with E-state index in [1.165, 1.54) is 0 Å². The van der Waals surface area contributed by atoms with Gasteiger partial charge in [-0.1, -0.05) is 19.1 Å². The van der Waals surface area contributed by atoms with Crippen LogP contribution < -0.4 is 34.9 Å². The molecule has 0 aliphatic carbocycles. The molecule has 0 amide bonds. The topological polar surface area (TPSA) is 78.5 Å². The first-order chi connectivity index (χ1) is 8.01. The molecule has 96 valence electrons. The summed E-state index contributed by atoms with van der Waals surface area (Å²) in [7, 11) is -4.25. The van der Waals surface area contributed by atoms with Crippen LogP contribution in [-0.4, -0.2) is 25.5 Å². The fraction of sp³-hybridized carbons (Fsp3) is 0.455. The van der Waals surface area contributed by atoms with E-state index in [2.05, 4.69) is 5.32 Å². The van der Waals surface area contributed by atoms with E-state index in [4.69, 9.17) is 4.74 Å². The van der Waals surface area contributed by atoms with Crippen molar-refractivity contribution in [2.24, 2.45) is 0 Å². The molecular formula is C11H16NNaO4S. The van der Waals surface area contributed by atoms with E-state index in [9.17, 15) is 13.0 Å². The van der Waals surface area contributed by atoms with Gasteiger partial charge >= 0.3 is 29.6 Å². The Morgan fingerprint density at radius 3 is 2.72 bits per heavy atom. The van der Waals surface area contributed by atoms with Crippen molar-refractivity contribution in [3.8, 4) is 0 Å².